The predicted octanol–water partition coefficient (Wildman–Crippen LogP) is 3.60. The standard InChI is InChI=1S/C20H32N4O2/c1-5-7-17(24-19(25)26-20(2,3)4)13-22-18(21)23-16-11-10-14-8-6-9-15(14)12-16/h10-12,17H,5-9,13H2,1-4H3,(H,24,25)(H3,21,22,23). The molecule has 0 saturated carbocycles. The number of fused-ring (bicyclic) bond motifs is 1. The molecule has 1 atom stereocenters. The number of aryl methyl sites for hydroxylation is 2. The van der Waals surface area contributed by atoms with E-state index in [0.717, 1.165) is 31.4 Å². The van der Waals surface area contributed by atoms with Crippen molar-refractivity contribution in [1.82, 2.24) is 5.32 Å². The van der Waals surface area contributed by atoms with E-state index in [-0.39, 0.29) is 6.04 Å². The highest BCUT2D eigenvalue weighted by atomic mass is 16.6. The third-order valence-corrected chi connectivity index (χ3v) is 4.21. The maximum Gasteiger partial charge on any atom is 0.407 e. The first-order valence-corrected chi connectivity index (χ1v) is 9.45. The van der Waals surface area contributed by atoms with Gasteiger partial charge in [0, 0.05) is 5.69 Å². The molecule has 4 N–H and O–H groups in total. The second kappa shape index (κ2) is 8.92. The van der Waals surface area contributed by atoms with Gasteiger partial charge < -0.3 is 21.1 Å². The number of nitrogens with two attached hydrogens (primary N) is 1. The van der Waals surface area contributed by atoms with E-state index in [9.17, 15) is 4.79 Å². The van der Waals surface area contributed by atoms with Crippen LogP contribution in [0, 0.1) is 0 Å². The second-order valence-corrected chi connectivity index (χ2v) is 7.82. The SMILES string of the molecule is CCCC(CN=C(N)Nc1ccc2c(c1)CCC2)NC(=O)OC(C)(C)C. The Morgan fingerprint density at radius 3 is 2.73 bits per heavy atom. The van der Waals surface area contributed by atoms with Gasteiger partial charge in [0.25, 0.3) is 0 Å². The number of anilines is 1. The number of carbonyl (C=O) groups excluding carboxylic acids is 1. The van der Waals surface area contributed by atoms with Crippen LogP contribution in [0.3, 0.4) is 0 Å². The molecule has 0 aliphatic heterocycles. The van der Waals surface area contributed by atoms with Crippen LogP contribution in [-0.4, -0.2) is 30.2 Å². The lowest BCUT2D eigenvalue weighted by Crippen LogP contribution is -2.41. The number of alkyl carbamates (subject to hydrolysis) is 1. The first kappa shape index (κ1) is 20.1. The second-order valence-electron chi connectivity index (χ2n) is 7.82. The number of carbonyl (C=O) groups is 1. The van der Waals surface area contributed by atoms with Gasteiger partial charge in [0.1, 0.15) is 5.60 Å². The third-order valence-electron chi connectivity index (χ3n) is 4.21. The van der Waals surface area contributed by atoms with Crippen molar-refractivity contribution in [2.24, 2.45) is 10.7 Å². The minimum absolute atomic E-state index is 0.102. The van der Waals surface area contributed by atoms with Crippen LogP contribution in [0.1, 0.15) is 58.1 Å². The molecule has 0 saturated heterocycles. The van der Waals surface area contributed by atoms with Crippen LogP contribution in [-0.2, 0) is 17.6 Å². The smallest absolute Gasteiger partial charge is 0.407 e. The van der Waals surface area contributed by atoms with Crippen molar-refractivity contribution in [3.63, 3.8) is 0 Å². The summed E-state index contributed by atoms with van der Waals surface area (Å²) in [6.07, 6.45) is 4.84. The number of amides is 1. The van der Waals surface area contributed by atoms with Crippen LogP contribution in [0.5, 0.6) is 0 Å². The molecule has 1 aromatic rings. The van der Waals surface area contributed by atoms with Gasteiger partial charge in [0.05, 0.1) is 12.6 Å². The van der Waals surface area contributed by atoms with Crippen molar-refractivity contribution in [1.29, 1.82) is 0 Å². The molecule has 1 amide bonds. The van der Waals surface area contributed by atoms with Crippen molar-refractivity contribution in [2.75, 3.05) is 11.9 Å². The molecule has 6 nitrogen and oxygen atoms in total. The first-order chi connectivity index (χ1) is 12.3. The summed E-state index contributed by atoms with van der Waals surface area (Å²) in [4.78, 5) is 16.4. The quantitative estimate of drug-likeness (QED) is 0.534. The van der Waals surface area contributed by atoms with Gasteiger partial charge in [0.2, 0.25) is 0 Å². The first-order valence-electron chi connectivity index (χ1n) is 9.45. The van der Waals surface area contributed by atoms with E-state index in [1.54, 1.807) is 0 Å². The average Bonchev–Trinajstić information content (AvgIpc) is 2.98. The Kier molecular flexibility index (Phi) is 6.89. The lowest BCUT2D eigenvalue weighted by molar-refractivity contribution is 0.0503. The van der Waals surface area contributed by atoms with Crippen LogP contribution >= 0.6 is 0 Å². The van der Waals surface area contributed by atoms with Crippen LogP contribution in [0.4, 0.5) is 10.5 Å². The number of nitrogens with one attached hydrogen (secondary N) is 2. The highest BCUT2D eigenvalue weighted by molar-refractivity contribution is 5.92. The Morgan fingerprint density at radius 2 is 2.04 bits per heavy atom. The Balaban J connectivity index is 1.90. The summed E-state index contributed by atoms with van der Waals surface area (Å²) in [5.41, 5.74) is 9.28. The molecule has 6 heteroatoms. The van der Waals surface area contributed by atoms with Crippen molar-refractivity contribution in [3.05, 3.63) is 29.3 Å². The summed E-state index contributed by atoms with van der Waals surface area (Å²) in [7, 11) is 0. The molecule has 144 valence electrons. The number of aliphatic imine (C=N–C) groups is 1. The molecule has 26 heavy (non-hydrogen) atoms. The lowest BCUT2D eigenvalue weighted by atomic mass is 10.1. The molecule has 1 aliphatic rings. The maximum absolute atomic E-state index is 12.0. The predicted molar refractivity (Wildman–Crippen MR) is 107 cm³/mol. The van der Waals surface area contributed by atoms with Gasteiger partial charge in [-0.05, 0) is 69.7 Å². The van der Waals surface area contributed by atoms with Crippen molar-refractivity contribution < 1.29 is 9.53 Å². The van der Waals surface area contributed by atoms with Gasteiger partial charge in [0.15, 0.2) is 5.96 Å². The fraction of sp³-hybridized carbons (Fsp3) is 0.600. The van der Waals surface area contributed by atoms with E-state index in [0.29, 0.717) is 12.5 Å². The summed E-state index contributed by atoms with van der Waals surface area (Å²) < 4.78 is 5.31. The van der Waals surface area contributed by atoms with Crippen molar-refractivity contribution in [3.8, 4) is 0 Å². The largest absolute Gasteiger partial charge is 0.444 e. The van der Waals surface area contributed by atoms with Gasteiger partial charge in [-0.15, -0.1) is 0 Å². The molecule has 1 aliphatic carbocycles. The monoisotopic (exact) mass is 360 g/mol. The maximum atomic E-state index is 12.0. The summed E-state index contributed by atoms with van der Waals surface area (Å²) in [6, 6.07) is 6.24. The number of rotatable bonds is 6. The van der Waals surface area contributed by atoms with E-state index in [1.807, 2.05) is 26.8 Å². The number of guanidine groups is 1. The molecular weight excluding hydrogens is 328 g/mol. The molecule has 0 fully saturated rings. The Morgan fingerprint density at radius 1 is 1.31 bits per heavy atom. The fourth-order valence-electron chi connectivity index (χ4n) is 3.08. The van der Waals surface area contributed by atoms with Crippen LogP contribution < -0.4 is 16.4 Å². The molecule has 0 bridgehead atoms. The zero-order valence-corrected chi connectivity index (χ0v) is 16.4. The van der Waals surface area contributed by atoms with E-state index in [1.165, 1.54) is 17.5 Å². The van der Waals surface area contributed by atoms with E-state index < -0.39 is 11.7 Å². The normalized spacial score (nSPS) is 15.3. The molecule has 2 rings (SSSR count). The number of nitrogens with zero attached hydrogens (tertiary/aromatic N) is 1. The third kappa shape index (κ3) is 6.58. The van der Waals surface area contributed by atoms with Gasteiger partial charge in [-0.25, -0.2) is 4.79 Å². The highest BCUT2D eigenvalue weighted by Crippen LogP contribution is 2.24. The van der Waals surface area contributed by atoms with E-state index in [4.69, 9.17) is 10.5 Å². The van der Waals surface area contributed by atoms with Crippen molar-refractivity contribution >= 4 is 17.7 Å². The minimum atomic E-state index is -0.516. The number of hydrogen-bond donors (Lipinski definition) is 3. The van der Waals surface area contributed by atoms with Gasteiger partial charge >= 0.3 is 6.09 Å². The molecule has 0 heterocycles. The topological polar surface area (TPSA) is 88.7 Å². The Bertz CT molecular complexity index is 650. The number of benzene rings is 1. The van der Waals surface area contributed by atoms with Crippen LogP contribution in [0.25, 0.3) is 0 Å². The molecule has 0 spiro atoms. The van der Waals surface area contributed by atoms with Crippen molar-refractivity contribution in [2.45, 2.75) is 71.4 Å². The summed E-state index contributed by atoms with van der Waals surface area (Å²) >= 11 is 0. The lowest BCUT2D eigenvalue weighted by Gasteiger charge is -2.23. The Hall–Kier alpha value is -2.24. The molecule has 1 unspecified atom stereocenters. The molecule has 1 aromatic carbocycles. The highest BCUT2D eigenvalue weighted by Gasteiger charge is 2.19. The Labute approximate surface area is 156 Å². The van der Waals surface area contributed by atoms with E-state index in [2.05, 4.69) is 34.7 Å². The van der Waals surface area contributed by atoms with Gasteiger partial charge in [-0.3, -0.25) is 4.99 Å². The van der Waals surface area contributed by atoms with E-state index >= 15 is 0 Å². The minimum Gasteiger partial charge on any atom is -0.444 e. The van der Waals surface area contributed by atoms with Gasteiger partial charge in [-0.1, -0.05) is 19.4 Å². The zero-order valence-electron chi connectivity index (χ0n) is 16.4. The van der Waals surface area contributed by atoms with Crippen LogP contribution in [0.2, 0.25) is 0 Å². The average molecular weight is 361 g/mol. The molecule has 0 radical (unpaired) electrons. The number of hydrogen-bond acceptors (Lipinski definition) is 3. The summed E-state index contributed by atoms with van der Waals surface area (Å²) in [6.45, 7) is 8.02. The van der Waals surface area contributed by atoms with Gasteiger partial charge in [-0.2, -0.15) is 0 Å². The fourth-order valence-corrected chi connectivity index (χ4v) is 3.08. The molecule has 0 aromatic heterocycles. The number of ether oxygens (including phenoxy) is 1. The molecular formula is C20H32N4O2. The summed E-state index contributed by atoms with van der Waals surface area (Å²) in [5, 5.41) is 6.02. The zero-order chi connectivity index (χ0) is 19.2. The summed E-state index contributed by atoms with van der Waals surface area (Å²) in [5.74, 6) is 0.357. The van der Waals surface area contributed by atoms with Crippen LogP contribution in [0.15, 0.2) is 23.2 Å².